The van der Waals surface area contributed by atoms with Gasteiger partial charge >= 0.3 is 0 Å². The first-order valence-electron chi connectivity index (χ1n) is 6.95. The van der Waals surface area contributed by atoms with Crippen LogP contribution < -0.4 is 0 Å². The summed E-state index contributed by atoms with van der Waals surface area (Å²) in [5.74, 6) is 0. The molecule has 2 heterocycles. The highest BCUT2D eigenvalue weighted by Crippen LogP contribution is 2.28. The molecule has 1 fully saturated rings. The minimum atomic E-state index is 0.775. The molecule has 0 amide bonds. The van der Waals surface area contributed by atoms with Crippen molar-refractivity contribution in [3.63, 3.8) is 0 Å². The van der Waals surface area contributed by atoms with E-state index in [1.165, 1.54) is 24.1 Å². The van der Waals surface area contributed by atoms with Crippen molar-refractivity contribution >= 4 is 0 Å². The van der Waals surface area contributed by atoms with Gasteiger partial charge in [0, 0.05) is 49.8 Å². The van der Waals surface area contributed by atoms with Gasteiger partial charge in [-0.25, -0.2) is 0 Å². The number of nitrogens with zero attached hydrogens (tertiary/aromatic N) is 3. The van der Waals surface area contributed by atoms with Crippen LogP contribution in [0.2, 0.25) is 0 Å². The van der Waals surface area contributed by atoms with Crippen molar-refractivity contribution < 1.29 is 0 Å². The van der Waals surface area contributed by atoms with Gasteiger partial charge in [-0.2, -0.15) is 0 Å². The van der Waals surface area contributed by atoms with Gasteiger partial charge in [-0.3, -0.25) is 14.9 Å². The molecule has 0 radical (unpaired) electrons. The quantitative estimate of drug-likeness (QED) is 0.792. The smallest absolute Gasteiger partial charge is 0.0416 e. The summed E-state index contributed by atoms with van der Waals surface area (Å²) in [6.07, 6.45) is 9.33. The summed E-state index contributed by atoms with van der Waals surface area (Å²) in [7, 11) is 0. The maximum absolute atomic E-state index is 4.40. The van der Waals surface area contributed by atoms with Crippen LogP contribution in [0.4, 0.5) is 0 Å². The van der Waals surface area contributed by atoms with Crippen LogP contribution in [0.1, 0.15) is 24.1 Å². The van der Waals surface area contributed by atoms with Crippen LogP contribution in [0.15, 0.2) is 48.9 Å². The number of aromatic nitrogens is 2. The van der Waals surface area contributed by atoms with Crippen molar-refractivity contribution in [2.24, 2.45) is 0 Å². The second kappa shape index (κ2) is 5.93. The molecule has 1 aliphatic rings. The van der Waals surface area contributed by atoms with E-state index in [-0.39, 0.29) is 0 Å². The lowest BCUT2D eigenvalue weighted by atomic mass is 10.2. The first kappa shape index (κ1) is 12.3. The molecule has 0 N–H and O–H groups in total. The second-order valence-corrected chi connectivity index (χ2v) is 5.13. The maximum atomic E-state index is 4.40. The van der Waals surface area contributed by atoms with E-state index in [9.17, 15) is 0 Å². The number of rotatable bonds is 6. The molecule has 3 nitrogen and oxygen atoms in total. The third kappa shape index (κ3) is 3.61. The lowest BCUT2D eigenvalue weighted by Gasteiger charge is -2.21. The summed E-state index contributed by atoms with van der Waals surface area (Å²) in [6.45, 7) is 2.12. The van der Waals surface area contributed by atoms with Gasteiger partial charge in [-0.15, -0.1) is 0 Å². The molecular formula is C16H19N3. The Kier molecular flexibility index (Phi) is 3.84. The molecule has 0 atom stereocenters. The van der Waals surface area contributed by atoms with Crippen LogP contribution in [0.3, 0.4) is 0 Å². The van der Waals surface area contributed by atoms with Gasteiger partial charge in [0.15, 0.2) is 0 Å². The highest BCUT2D eigenvalue weighted by molar-refractivity contribution is 5.10. The van der Waals surface area contributed by atoms with Crippen LogP contribution in [-0.4, -0.2) is 27.5 Å². The van der Waals surface area contributed by atoms with E-state index in [2.05, 4.69) is 39.1 Å². The van der Waals surface area contributed by atoms with Gasteiger partial charge in [0.2, 0.25) is 0 Å². The van der Waals surface area contributed by atoms with Gasteiger partial charge < -0.3 is 0 Å². The zero-order valence-corrected chi connectivity index (χ0v) is 11.1. The van der Waals surface area contributed by atoms with Crippen LogP contribution in [0.5, 0.6) is 0 Å². The summed E-state index contributed by atoms with van der Waals surface area (Å²) in [4.78, 5) is 11.1. The summed E-state index contributed by atoms with van der Waals surface area (Å²) in [6, 6.07) is 11.1. The van der Waals surface area contributed by atoms with Crippen LogP contribution in [0.25, 0.3) is 0 Å². The van der Waals surface area contributed by atoms with E-state index in [0.29, 0.717) is 0 Å². The maximum Gasteiger partial charge on any atom is 0.0416 e. The summed E-state index contributed by atoms with van der Waals surface area (Å²) < 4.78 is 0. The van der Waals surface area contributed by atoms with Crippen LogP contribution >= 0.6 is 0 Å². The normalized spacial score (nSPS) is 14.8. The largest absolute Gasteiger partial charge is 0.296 e. The number of hydrogen-bond acceptors (Lipinski definition) is 3. The molecule has 19 heavy (non-hydrogen) atoms. The Morgan fingerprint density at radius 1 is 1.05 bits per heavy atom. The molecule has 1 aliphatic carbocycles. The Bertz CT molecular complexity index is 494. The molecule has 98 valence electrons. The molecule has 2 aromatic rings. The van der Waals surface area contributed by atoms with E-state index in [1.54, 1.807) is 0 Å². The highest BCUT2D eigenvalue weighted by atomic mass is 15.2. The topological polar surface area (TPSA) is 29.0 Å². The Hall–Kier alpha value is -1.74. The van der Waals surface area contributed by atoms with Crippen molar-refractivity contribution in [3.8, 4) is 0 Å². The SMILES string of the molecule is c1ccc(CCN(Cc2ccncc2)C2CC2)nc1. The van der Waals surface area contributed by atoms with Crippen molar-refractivity contribution in [2.75, 3.05) is 6.54 Å². The van der Waals surface area contributed by atoms with Gasteiger partial charge in [-0.05, 0) is 42.7 Å². The summed E-state index contributed by atoms with van der Waals surface area (Å²) in [5.41, 5.74) is 2.53. The van der Waals surface area contributed by atoms with Gasteiger partial charge in [-0.1, -0.05) is 6.07 Å². The average Bonchev–Trinajstić information content (AvgIpc) is 3.30. The fourth-order valence-electron chi connectivity index (χ4n) is 2.36. The molecule has 0 aliphatic heterocycles. The van der Waals surface area contributed by atoms with E-state index in [4.69, 9.17) is 0 Å². The Labute approximate surface area is 114 Å². The van der Waals surface area contributed by atoms with Crippen LogP contribution in [0, 0.1) is 0 Å². The fraction of sp³-hybridized carbons (Fsp3) is 0.375. The van der Waals surface area contributed by atoms with Crippen molar-refractivity contribution in [3.05, 3.63) is 60.2 Å². The lowest BCUT2D eigenvalue weighted by Crippen LogP contribution is -2.28. The van der Waals surface area contributed by atoms with E-state index in [0.717, 1.165) is 25.6 Å². The predicted octanol–water partition coefficient (Wildman–Crippen LogP) is 2.68. The van der Waals surface area contributed by atoms with E-state index in [1.807, 2.05) is 24.7 Å². The molecule has 0 spiro atoms. The molecule has 0 aromatic carbocycles. The Morgan fingerprint density at radius 3 is 2.58 bits per heavy atom. The van der Waals surface area contributed by atoms with Gasteiger partial charge in [0.1, 0.15) is 0 Å². The molecule has 0 saturated heterocycles. The zero-order chi connectivity index (χ0) is 12.9. The lowest BCUT2D eigenvalue weighted by molar-refractivity contribution is 0.257. The van der Waals surface area contributed by atoms with E-state index >= 15 is 0 Å². The summed E-state index contributed by atoms with van der Waals surface area (Å²) >= 11 is 0. The fourth-order valence-corrected chi connectivity index (χ4v) is 2.36. The van der Waals surface area contributed by atoms with Crippen LogP contribution in [-0.2, 0) is 13.0 Å². The third-order valence-corrected chi connectivity index (χ3v) is 3.58. The number of pyridine rings is 2. The average molecular weight is 253 g/mol. The van der Waals surface area contributed by atoms with Crippen molar-refractivity contribution in [2.45, 2.75) is 31.8 Å². The molecule has 0 bridgehead atoms. The molecule has 0 unspecified atom stereocenters. The number of hydrogen-bond donors (Lipinski definition) is 0. The third-order valence-electron chi connectivity index (χ3n) is 3.58. The molecule has 3 heteroatoms. The molecule has 1 saturated carbocycles. The molecular weight excluding hydrogens is 234 g/mol. The van der Waals surface area contributed by atoms with Crippen molar-refractivity contribution in [1.29, 1.82) is 0 Å². The summed E-state index contributed by atoms with van der Waals surface area (Å²) in [5, 5.41) is 0. The minimum Gasteiger partial charge on any atom is -0.296 e. The highest BCUT2D eigenvalue weighted by Gasteiger charge is 2.28. The monoisotopic (exact) mass is 253 g/mol. The van der Waals surface area contributed by atoms with Crippen molar-refractivity contribution in [1.82, 2.24) is 14.9 Å². The van der Waals surface area contributed by atoms with E-state index < -0.39 is 0 Å². The van der Waals surface area contributed by atoms with Gasteiger partial charge in [0.25, 0.3) is 0 Å². The Balaban J connectivity index is 1.59. The first-order chi connectivity index (χ1) is 9.42. The predicted molar refractivity (Wildman–Crippen MR) is 75.6 cm³/mol. The Morgan fingerprint density at radius 2 is 1.89 bits per heavy atom. The van der Waals surface area contributed by atoms with Gasteiger partial charge in [0.05, 0.1) is 0 Å². The molecule has 2 aromatic heterocycles. The first-order valence-corrected chi connectivity index (χ1v) is 6.95. The zero-order valence-electron chi connectivity index (χ0n) is 11.1. The minimum absolute atomic E-state index is 0.775. The molecule has 3 rings (SSSR count). The second-order valence-electron chi connectivity index (χ2n) is 5.13. The standard InChI is InChI=1S/C16H19N3/c1-2-9-18-15(3-1)8-12-19(16-4-5-16)13-14-6-10-17-11-7-14/h1-3,6-7,9-11,16H,4-5,8,12-13H2.